The van der Waals surface area contributed by atoms with E-state index in [-0.39, 0.29) is 11.9 Å². The maximum Gasteiger partial charge on any atom is 0.255 e. The number of anilines is 1. The van der Waals surface area contributed by atoms with Gasteiger partial charge in [0.25, 0.3) is 5.91 Å². The van der Waals surface area contributed by atoms with Gasteiger partial charge in [0, 0.05) is 39.5 Å². The number of hydrogen-bond donors (Lipinski definition) is 1. The number of ether oxygens (including phenoxy) is 1. The van der Waals surface area contributed by atoms with E-state index in [1.54, 1.807) is 26.1 Å². The highest BCUT2D eigenvalue weighted by Gasteiger charge is 2.13. The molecular weight excluding hydrogens is 228 g/mol. The van der Waals surface area contributed by atoms with E-state index in [4.69, 9.17) is 4.74 Å². The Morgan fingerprint density at radius 1 is 1.39 bits per heavy atom. The summed E-state index contributed by atoms with van der Waals surface area (Å²) in [5.41, 5.74) is 1.58. The Hall–Kier alpha value is -1.55. The molecule has 1 aromatic carbocycles. The molecule has 0 saturated heterocycles. The Bertz CT molecular complexity index is 391. The van der Waals surface area contributed by atoms with Crippen LogP contribution in [-0.4, -0.2) is 44.7 Å². The molecule has 1 atom stereocenters. The van der Waals surface area contributed by atoms with Gasteiger partial charge < -0.3 is 15.0 Å². The second kappa shape index (κ2) is 7.01. The summed E-state index contributed by atoms with van der Waals surface area (Å²) in [5, 5.41) is 3.35. The number of methoxy groups -OCH3 is 1. The van der Waals surface area contributed by atoms with Crippen LogP contribution in [0.3, 0.4) is 0 Å². The molecule has 4 heteroatoms. The van der Waals surface area contributed by atoms with Crippen LogP contribution < -0.4 is 5.32 Å². The fourth-order valence-electron chi connectivity index (χ4n) is 1.67. The van der Waals surface area contributed by atoms with Gasteiger partial charge in [0.2, 0.25) is 0 Å². The fourth-order valence-corrected chi connectivity index (χ4v) is 1.67. The van der Waals surface area contributed by atoms with E-state index >= 15 is 0 Å². The topological polar surface area (TPSA) is 41.6 Å². The lowest BCUT2D eigenvalue weighted by Gasteiger charge is -2.19. The molecule has 0 fully saturated rings. The molecule has 0 aliphatic rings. The van der Waals surface area contributed by atoms with Gasteiger partial charge in [-0.05, 0) is 25.5 Å². The quantitative estimate of drug-likeness (QED) is 0.841. The van der Waals surface area contributed by atoms with Crippen LogP contribution in [0.4, 0.5) is 5.69 Å². The Morgan fingerprint density at radius 2 is 2.06 bits per heavy atom. The predicted octanol–water partition coefficient (Wildman–Crippen LogP) is 2.23. The minimum absolute atomic E-state index is 0.0111. The fraction of sp³-hybridized carbons (Fsp3) is 0.500. The average Bonchev–Trinajstić information content (AvgIpc) is 2.36. The molecule has 0 spiro atoms. The lowest BCUT2D eigenvalue weighted by Crippen LogP contribution is -2.25. The Kier molecular flexibility index (Phi) is 5.65. The van der Waals surface area contributed by atoms with Gasteiger partial charge in [-0.1, -0.05) is 12.1 Å². The van der Waals surface area contributed by atoms with Crippen LogP contribution in [0.5, 0.6) is 0 Å². The summed E-state index contributed by atoms with van der Waals surface area (Å²) >= 11 is 0. The van der Waals surface area contributed by atoms with Crippen LogP contribution in [0.15, 0.2) is 24.3 Å². The van der Waals surface area contributed by atoms with E-state index in [2.05, 4.69) is 12.2 Å². The smallest absolute Gasteiger partial charge is 0.255 e. The highest BCUT2D eigenvalue weighted by Crippen LogP contribution is 2.18. The monoisotopic (exact) mass is 250 g/mol. The zero-order valence-corrected chi connectivity index (χ0v) is 11.6. The number of benzene rings is 1. The third kappa shape index (κ3) is 4.04. The van der Waals surface area contributed by atoms with Gasteiger partial charge in [-0.2, -0.15) is 0 Å². The predicted molar refractivity (Wildman–Crippen MR) is 74.0 cm³/mol. The SMILES string of the molecule is COCCC(C)Nc1ccccc1C(=O)N(C)C. The second-order valence-electron chi connectivity index (χ2n) is 4.57. The van der Waals surface area contributed by atoms with Crippen molar-refractivity contribution >= 4 is 11.6 Å². The molecule has 1 unspecified atom stereocenters. The molecule has 0 radical (unpaired) electrons. The van der Waals surface area contributed by atoms with Crippen molar-refractivity contribution in [3.8, 4) is 0 Å². The van der Waals surface area contributed by atoms with Gasteiger partial charge >= 0.3 is 0 Å². The lowest BCUT2D eigenvalue weighted by molar-refractivity contribution is 0.0828. The van der Waals surface area contributed by atoms with Crippen LogP contribution in [0.2, 0.25) is 0 Å². The summed E-state index contributed by atoms with van der Waals surface area (Å²) in [6.07, 6.45) is 0.904. The van der Waals surface area contributed by atoms with Crippen LogP contribution in [0.1, 0.15) is 23.7 Å². The molecule has 0 aromatic heterocycles. The molecule has 0 saturated carbocycles. The Morgan fingerprint density at radius 3 is 2.67 bits per heavy atom. The average molecular weight is 250 g/mol. The lowest BCUT2D eigenvalue weighted by atomic mass is 10.1. The molecule has 1 aromatic rings. The normalized spacial score (nSPS) is 12.0. The molecule has 4 nitrogen and oxygen atoms in total. The van der Waals surface area contributed by atoms with E-state index in [0.717, 1.165) is 12.1 Å². The summed E-state index contributed by atoms with van der Waals surface area (Å²) in [6.45, 7) is 2.79. The Labute approximate surface area is 109 Å². The van der Waals surface area contributed by atoms with Crippen LogP contribution in [0, 0.1) is 0 Å². The number of carbonyl (C=O) groups excluding carboxylic acids is 1. The van der Waals surface area contributed by atoms with Crippen molar-refractivity contribution in [1.29, 1.82) is 0 Å². The van der Waals surface area contributed by atoms with Crippen LogP contribution in [0.25, 0.3) is 0 Å². The van der Waals surface area contributed by atoms with Gasteiger partial charge in [0.15, 0.2) is 0 Å². The van der Waals surface area contributed by atoms with Crippen molar-refractivity contribution in [3.63, 3.8) is 0 Å². The van der Waals surface area contributed by atoms with Crippen molar-refractivity contribution < 1.29 is 9.53 Å². The number of nitrogens with zero attached hydrogens (tertiary/aromatic N) is 1. The van der Waals surface area contributed by atoms with E-state index in [9.17, 15) is 4.79 Å². The van der Waals surface area contributed by atoms with Gasteiger partial charge in [0.05, 0.1) is 5.56 Å². The van der Waals surface area contributed by atoms with Crippen molar-refractivity contribution in [2.24, 2.45) is 0 Å². The molecule has 1 amide bonds. The minimum atomic E-state index is 0.0111. The summed E-state index contributed by atoms with van der Waals surface area (Å²) in [7, 11) is 5.21. The highest BCUT2D eigenvalue weighted by molar-refractivity contribution is 5.99. The Balaban J connectivity index is 2.79. The van der Waals surface area contributed by atoms with E-state index in [1.807, 2.05) is 24.3 Å². The van der Waals surface area contributed by atoms with Crippen molar-refractivity contribution in [3.05, 3.63) is 29.8 Å². The van der Waals surface area contributed by atoms with E-state index in [0.29, 0.717) is 12.2 Å². The number of carbonyl (C=O) groups is 1. The molecule has 1 N–H and O–H groups in total. The van der Waals surface area contributed by atoms with Gasteiger partial charge in [-0.3, -0.25) is 4.79 Å². The summed E-state index contributed by atoms with van der Waals surface area (Å²) in [5.74, 6) is 0.0111. The largest absolute Gasteiger partial charge is 0.385 e. The first-order valence-corrected chi connectivity index (χ1v) is 6.12. The zero-order chi connectivity index (χ0) is 13.5. The van der Waals surface area contributed by atoms with Gasteiger partial charge in [-0.15, -0.1) is 0 Å². The van der Waals surface area contributed by atoms with Crippen molar-refractivity contribution in [1.82, 2.24) is 4.90 Å². The standard InChI is InChI=1S/C14H22N2O2/c1-11(9-10-18-4)15-13-8-6-5-7-12(13)14(17)16(2)3/h5-8,11,15H,9-10H2,1-4H3. The van der Waals surface area contributed by atoms with Crippen molar-refractivity contribution in [2.75, 3.05) is 33.1 Å². The second-order valence-corrected chi connectivity index (χ2v) is 4.57. The van der Waals surface area contributed by atoms with Crippen LogP contribution in [-0.2, 0) is 4.74 Å². The number of para-hydroxylation sites is 1. The summed E-state index contributed by atoms with van der Waals surface area (Å²) < 4.78 is 5.05. The molecular formula is C14H22N2O2. The third-order valence-electron chi connectivity index (χ3n) is 2.72. The molecule has 0 heterocycles. The number of hydrogen-bond acceptors (Lipinski definition) is 3. The molecule has 0 aliphatic carbocycles. The maximum atomic E-state index is 12.0. The third-order valence-corrected chi connectivity index (χ3v) is 2.72. The molecule has 1 rings (SSSR count). The minimum Gasteiger partial charge on any atom is -0.385 e. The van der Waals surface area contributed by atoms with E-state index < -0.39 is 0 Å². The number of amides is 1. The highest BCUT2D eigenvalue weighted by atomic mass is 16.5. The maximum absolute atomic E-state index is 12.0. The zero-order valence-electron chi connectivity index (χ0n) is 11.6. The number of rotatable bonds is 6. The molecule has 18 heavy (non-hydrogen) atoms. The molecule has 0 aliphatic heterocycles. The first kappa shape index (κ1) is 14.5. The first-order valence-electron chi connectivity index (χ1n) is 6.12. The first-order chi connectivity index (χ1) is 8.56. The van der Waals surface area contributed by atoms with Crippen molar-refractivity contribution in [2.45, 2.75) is 19.4 Å². The number of nitrogens with one attached hydrogen (secondary N) is 1. The van der Waals surface area contributed by atoms with E-state index in [1.165, 1.54) is 0 Å². The molecule has 0 bridgehead atoms. The summed E-state index contributed by atoms with van der Waals surface area (Å²) in [6, 6.07) is 7.84. The summed E-state index contributed by atoms with van der Waals surface area (Å²) in [4.78, 5) is 13.6. The van der Waals surface area contributed by atoms with Gasteiger partial charge in [0.1, 0.15) is 0 Å². The molecule has 100 valence electrons. The van der Waals surface area contributed by atoms with Gasteiger partial charge in [-0.25, -0.2) is 0 Å². The van der Waals surface area contributed by atoms with Crippen LogP contribution >= 0.6 is 0 Å².